The summed E-state index contributed by atoms with van der Waals surface area (Å²) in [6.45, 7) is 8.04. The topological polar surface area (TPSA) is 108 Å². The first-order chi connectivity index (χ1) is 16.8. The number of hydrogen-bond donors (Lipinski definition) is 3. The molecule has 2 atom stereocenters. The second-order valence-electron chi connectivity index (χ2n) is 9.45. The molecule has 2 aromatic carbocycles. The minimum atomic E-state index is -0.560. The first kappa shape index (κ1) is 22.8. The molecule has 0 radical (unpaired) electrons. The lowest BCUT2D eigenvalue weighted by atomic mass is 9.86. The van der Waals surface area contributed by atoms with E-state index in [0.717, 1.165) is 22.5 Å². The van der Waals surface area contributed by atoms with Crippen molar-refractivity contribution in [3.05, 3.63) is 78.3 Å². The number of fused-ring (bicyclic) bond motifs is 1. The number of benzene rings is 2. The van der Waals surface area contributed by atoms with Crippen molar-refractivity contribution in [2.24, 2.45) is 12.0 Å². The number of hydrogen-bond acceptors (Lipinski definition) is 6. The molecule has 0 spiro atoms. The van der Waals surface area contributed by atoms with Crippen LogP contribution in [-0.4, -0.2) is 49.2 Å². The number of likely N-dealkylation sites (tertiary alicyclic amines) is 1. The maximum Gasteiger partial charge on any atom is 0.247 e. The number of aliphatic hydroxyl groups is 1. The van der Waals surface area contributed by atoms with Gasteiger partial charge in [0.05, 0.1) is 17.6 Å². The summed E-state index contributed by atoms with van der Waals surface area (Å²) < 4.78 is 1.66. The van der Waals surface area contributed by atoms with Gasteiger partial charge in [-0.05, 0) is 43.5 Å². The highest BCUT2D eigenvalue weighted by Crippen LogP contribution is 2.39. The maximum absolute atomic E-state index is 12.3. The Morgan fingerprint density at radius 2 is 2.06 bits per heavy atom. The van der Waals surface area contributed by atoms with Crippen LogP contribution in [0.25, 0.3) is 0 Å². The van der Waals surface area contributed by atoms with Crippen LogP contribution in [0, 0.1) is 0 Å². The normalized spacial score (nSPS) is 21.1. The second kappa shape index (κ2) is 8.66. The number of amidine groups is 1. The average molecular weight is 472 g/mol. The minimum absolute atomic E-state index is 0.0195. The number of amides is 1. The zero-order valence-electron chi connectivity index (χ0n) is 20.1. The highest BCUT2D eigenvalue weighted by Gasteiger charge is 2.38. The molecule has 180 valence electrons. The van der Waals surface area contributed by atoms with Crippen LogP contribution in [0.5, 0.6) is 0 Å². The van der Waals surface area contributed by atoms with Crippen LogP contribution >= 0.6 is 0 Å². The highest BCUT2D eigenvalue weighted by atomic mass is 16.3. The Balaban J connectivity index is 1.44. The van der Waals surface area contributed by atoms with Crippen LogP contribution in [-0.2, 0) is 17.3 Å². The van der Waals surface area contributed by atoms with E-state index in [1.807, 2.05) is 57.3 Å². The quantitative estimate of drug-likeness (QED) is 0.388. The number of aromatic nitrogens is 3. The number of carbonyl (C=O) groups excluding carboxylic acids is 1. The molecule has 0 unspecified atom stereocenters. The lowest BCUT2D eigenvalue weighted by Gasteiger charge is -2.27. The predicted molar refractivity (Wildman–Crippen MR) is 136 cm³/mol. The molecular weight excluding hydrogens is 442 g/mol. The summed E-state index contributed by atoms with van der Waals surface area (Å²) >= 11 is 0. The van der Waals surface area contributed by atoms with E-state index in [0.29, 0.717) is 30.6 Å². The minimum Gasteiger partial charge on any atom is -0.391 e. The Kier molecular flexibility index (Phi) is 5.64. The Hall–Kier alpha value is -3.98. The van der Waals surface area contributed by atoms with Crippen LogP contribution in [0.1, 0.15) is 43.3 Å². The second-order valence-corrected chi connectivity index (χ2v) is 9.45. The van der Waals surface area contributed by atoms with Crippen molar-refractivity contribution in [2.45, 2.75) is 37.8 Å². The van der Waals surface area contributed by atoms with Gasteiger partial charge in [0, 0.05) is 31.2 Å². The zero-order chi connectivity index (χ0) is 24.7. The number of carbonyl (C=O) groups is 1. The fourth-order valence-corrected chi connectivity index (χ4v) is 4.82. The van der Waals surface area contributed by atoms with E-state index < -0.39 is 11.5 Å². The summed E-state index contributed by atoms with van der Waals surface area (Å²) in [4.78, 5) is 23.6. The number of aliphatic hydroxyl groups excluding tert-OH is 1. The number of β-amino-alcohol motifs (C(OH)–C–C–N with tert-alkyl or cyclic N) is 1. The van der Waals surface area contributed by atoms with Crippen LogP contribution in [0.4, 0.5) is 17.3 Å². The van der Waals surface area contributed by atoms with Gasteiger partial charge in [-0.2, -0.15) is 4.98 Å². The summed E-state index contributed by atoms with van der Waals surface area (Å²) in [6.07, 6.45) is 1.60. The van der Waals surface area contributed by atoms with Gasteiger partial charge in [-0.25, -0.2) is 9.67 Å². The fourth-order valence-electron chi connectivity index (χ4n) is 4.82. The van der Waals surface area contributed by atoms with Crippen molar-refractivity contribution in [3.8, 4) is 0 Å². The summed E-state index contributed by atoms with van der Waals surface area (Å²) in [5.41, 5.74) is 3.05. The first-order valence-electron chi connectivity index (χ1n) is 11.6. The van der Waals surface area contributed by atoms with E-state index in [9.17, 15) is 9.90 Å². The molecule has 5 rings (SSSR count). The predicted octanol–water partition coefficient (Wildman–Crippen LogP) is 3.49. The van der Waals surface area contributed by atoms with Gasteiger partial charge >= 0.3 is 0 Å². The molecule has 3 N–H and O–H groups in total. The van der Waals surface area contributed by atoms with Crippen molar-refractivity contribution in [3.63, 3.8) is 0 Å². The molecule has 9 heteroatoms. The monoisotopic (exact) mass is 471 g/mol. The molecule has 0 aliphatic carbocycles. The SMILES string of the molecule is C=CN=C(c1nc(Nc2ccc3c(c2)NC(=O)C3(C)C)nn1C)N1C[C@H](O)C[C@@H]1c1ccccc1. The summed E-state index contributed by atoms with van der Waals surface area (Å²) in [6, 6.07) is 15.8. The number of aryl methyl sites for hydroxylation is 1. The molecule has 0 saturated carbocycles. The smallest absolute Gasteiger partial charge is 0.247 e. The van der Waals surface area contributed by atoms with Gasteiger partial charge in [0.25, 0.3) is 0 Å². The number of nitrogens with zero attached hydrogens (tertiary/aromatic N) is 5. The van der Waals surface area contributed by atoms with Gasteiger partial charge in [-0.15, -0.1) is 5.10 Å². The molecule has 1 amide bonds. The van der Waals surface area contributed by atoms with Gasteiger partial charge in [0.1, 0.15) is 0 Å². The highest BCUT2D eigenvalue weighted by molar-refractivity contribution is 6.06. The largest absolute Gasteiger partial charge is 0.391 e. The first-order valence-corrected chi connectivity index (χ1v) is 11.6. The lowest BCUT2D eigenvalue weighted by Crippen LogP contribution is -2.34. The molecule has 9 nitrogen and oxygen atoms in total. The third kappa shape index (κ3) is 4.08. The molecule has 2 aliphatic rings. The maximum atomic E-state index is 12.3. The zero-order valence-corrected chi connectivity index (χ0v) is 20.1. The van der Waals surface area contributed by atoms with E-state index in [1.54, 1.807) is 4.68 Å². The Bertz CT molecular complexity index is 1310. The Labute approximate surface area is 204 Å². The molecule has 35 heavy (non-hydrogen) atoms. The Morgan fingerprint density at radius 3 is 2.80 bits per heavy atom. The molecular formula is C26H29N7O2. The van der Waals surface area contributed by atoms with E-state index in [-0.39, 0.29) is 11.9 Å². The molecule has 1 fully saturated rings. The van der Waals surface area contributed by atoms with E-state index in [1.165, 1.54) is 6.20 Å². The summed E-state index contributed by atoms with van der Waals surface area (Å²) in [5.74, 6) is 1.53. The molecule has 3 aromatic rings. The number of nitrogens with one attached hydrogen (secondary N) is 2. The summed E-state index contributed by atoms with van der Waals surface area (Å²) in [5, 5.41) is 21.2. The van der Waals surface area contributed by atoms with Crippen molar-refractivity contribution < 1.29 is 9.90 Å². The summed E-state index contributed by atoms with van der Waals surface area (Å²) in [7, 11) is 1.81. The van der Waals surface area contributed by atoms with Gasteiger partial charge < -0.3 is 20.6 Å². The van der Waals surface area contributed by atoms with Gasteiger partial charge in [-0.3, -0.25) is 4.79 Å². The van der Waals surface area contributed by atoms with Crippen LogP contribution in [0.3, 0.4) is 0 Å². The van der Waals surface area contributed by atoms with Gasteiger partial charge in [-0.1, -0.05) is 43.0 Å². The van der Waals surface area contributed by atoms with Crippen molar-refractivity contribution in [1.82, 2.24) is 19.7 Å². The van der Waals surface area contributed by atoms with Crippen molar-refractivity contribution >= 4 is 29.1 Å². The number of aliphatic imine (C=N–C) groups is 1. The molecule has 1 saturated heterocycles. The average Bonchev–Trinajstić information content (AvgIpc) is 3.46. The van der Waals surface area contributed by atoms with Crippen molar-refractivity contribution in [2.75, 3.05) is 17.2 Å². The van der Waals surface area contributed by atoms with Crippen molar-refractivity contribution in [1.29, 1.82) is 0 Å². The molecule has 0 bridgehead atoms. The number of rotatable bonds is 5. The molecule has 3 heterocycles. The van der Waals surface area contributed by atoms with E-state index in [2.05, 4.69) is 44.3 Å². The van der Waals surface area contributed by atoms with Gasteiger partial charge in [0.2, 0.25) is 11.9 Å². The standard InChI is InChI=1S/C26H29N7O2/c1-5-27-22(33-15-18(34)14-21(33)16-9-7-6-8-10-16)23-30-25(31-32(23)4)28-17-11-12-19-20(13-17)29-24(35)26(19,2)3/h5-13,18,21,34H,1,14-15H2,2-4H3,(H,28,31)(H,29,35)/t18-,21-/m1/s1. The number of anilines is 3. The van der Waals surface area contributed by atoms with Gasteiger partial charge in [0.15, 0.2) is 11.7 Å². The molecule has 1 aromatic heterocycles. The molecule has 2 aliphatic heterocycles. The Morgan fingerprint density at radius 1 is 1.29 bits per heavy atom. The van der Waals surface area contributed by atoms with E-state index in [4.69, 9.17) is 4.98 Å². The fraction of sp³-hybridized carbons (Fsp3) is 0.308. The van der Waals surface area contributed by atoms with E-state index >= 15 is 0 Å². The third-order valence-corrected chi connectivity index (χ3v) is 6.68. The van der Waals surface area contributed by atoms with Crippen LogP contribution < -0.4 is 10.6 Å². The lowest BCUT2D eigenvalue weighted by molar-refractivity contribution is -0.119. The van der Waals surface area contributed by atoms with Crippen LogP contribution in [0.15, 0.2) is 66.3 Å². The third-order valence-electron chi connectivity index (χ3n) is 6.68. The van der Waals surface area contributed by atoms with Crippen LogP contribution in [0.2, 0.25) is 0 Å².